The van der Waals surface area contributed by atoms with E-state index in [0.717, 1.165) is 3.79 Å². The quantitative estimate of drug-likeness (QED) is 0.898. The Morgan fingerprint density at radius 2 is 2.33 bits per heavy atom. The van der Waals surface area contributed by atoms with Gasteiger partial charge in [-0.25, -0.2) is 13.1 Å². The predicted molar refractivity (Wildman–Crippen MR) is 72.2 cm³/mol. The molecule has 1 unspecified atom stereocenters. The van der Waals surface area contributed by atoms with E-state index in [4.69, 9.17) is 4.74 Å². The molecule has 1 N–H and O–H groups in total. The van der Waals surface area contributed by atoms with Crippen molar-refractivity contribution in [3.8, 4) is 0 Å². The molecule has 0 saturated carbocycles. The molecular formula is C10H12BrNO4S2. The van der Waals surface area contributed by atoms with Gasteiger partial charge in [0, 0.05) is 12.0 Å². The molecule has 1 atom stereocenters. The third-order valence-corrected chi connectivity index (χ3v) is 5.85. The normalized spacial score (nSPS) is 20.6. The van der Waals surface area contributed by atoms with Gasteiger partial charge in [0.05, 0.1) is 16.0 Å². The zero-order chi connectivity index (χ0) is 13.2. The third-order valence-electron chi connectivity index (χ3n) is 2.62. The fraction of sp³-hybridized carbons (Fsp3) is 0.500. The maximum atomic E-state index is 12.0. The second-order valence-electron chi connectivity index (χ2n) is 3.95. The number of rotatable bonds is 3. The van der Waals surface area contributed by atoms with Crippen molar-refractivity contribution in [2.45, 2.75) is 18.1 Å². The smallest absolute Gasteiger partial charge is 0.265 e. The molecular weight excluding hydrogens is 342 g/mol. The number of hydrogen-bond donors (Lipinski definition) is 1. The van der Waals surface area contributed by atoms with Gasteiger partial charge in [0.25, 0.3) is 5.91 Å². The fourth-order valence-corrected chi connectivity index (χ4v) is 4.09. The van der Waals surface area contributed by atoms with Crippen LogP contribution in [0.3, 0.4) is 0 Å². The van der Waals surface area contributed by atoms with E-state index in [1.165, 1.54) is 11.3 Å². The maximum Gasteiger partial charge on any atom is 0.265 e. The Kier molecular flexibility index (Phi) is 4.41. The molecule has 1 aliphatic rings. The first-order chi connectivity index (χ1) is 8.49. The van der Waals surface area contributed by atoms with Gasteiger partial charge in [-0.1, -0.05) is 0 Å². The molecule has 2 heterocycles. The Morgan fingerprint density at radius 3 is 2.89 bits per heavy atom. The van der Waals surface area contributed by atoms with E-state index in [1.807, 2.05) is 0 Å². The molecule has 0 aromatic carbocycles. The summed E-state index contributed by atoms with van der Waals surface area (Å²) in [6.07, 6.45) is 1.22. The van der Waals surface area contributed by atoms with Crippen LogP contribution in [0.5, 0.6) is 0 Å². The van der Waals surface area contributed by atoms with E-state index in [0.29, 0.717) is 25.0 Å². The number of sulfonamides is 1. The van der Waals surface area contributed by atoms with E-state index in [-0.39, 0.29) is 6.61 Å². The molecule has 1 amide bonds. The van der Waals surface area contributed by atoms with Crippen LogP contribution < -0.4 is 4.72 Å². The van der Waals surface area contributed by atoms with Crippen LogP contribution in [0.2, 0.25) is 0 Å². The molecule has 0 bridgehead atoms. The highest BCUT2D eigenvalue weighted by molar-refractivity contribution is 9.11. The lowest BCUT2D eigenvalue weighted by molar-refractivity contribution is 0.0953. The zero-order valence-electron chi connectivity index (χ0n) is 9.39. The monoisotopic (exact) mass is 353 g/mol. The maximum absolute atomic E-state index is 12.0. The van der Waals surface area contributed by atoms with E-state index < -0.39 is 21.2 Å². The van der Waals surface area contributed by atoms with Crippen LogP contribution >= 0.6 is 27.3 Å². The summed E-state index contributed by atoms with van der Waals surface area (Å²) in [6.45, 7) is 0.730. The predicted octanol–water partition coefficient (Wildman–Crippen LogP) is 1.75. The molecule has 0 aliphatic carbocycles. The van der Waals surface area contributed by atoms with Gasteiger partial charge in [0.2, 0.25) is 10.0 Å². The van der Waals surface area contributed by atoms with E-state index in [2.05, 4.69) is 20.7 Å². The van der Waals surface area contributed by atoms with Crippen LogP contribution in [0, 0.1) is 0 Å². The van der Waals surface area contributed by atoms with Gasteiger partial charge in [-0.2, -0.15) is 0 Å². The highest BCUT2D eigenvalue weighted by Crippen LogP contribution is 2.21. The van der Waals surface area contributed by atoms with Gasteiger partial charge in [0.15, 0.2) is 0 Å². The van der Waals surface area contributed by atoms with Crippen LogP contribution in [0.15, 0.2) is 15.2 Å². The lowest BCUT2D eigenvalue weighted by Crippen LogP contribution is -2.42. The minimum atomic E-state index is -3.66. The molecule has 100 valence electrons. The SMILES string of the molecule is O=C(NS(=O)(=O)C1CCCOC1)c1csc(Br)c1. The Hall–Kier alpha value is -0.440. The van der Waals surface area contributed by atoms with Crippen molar-refractivity contribution in [3.05, 3.63) is 20.8 Å². The fourth-order valence-electron chi connectivity index (χ4n) is 1.66. The van der Waals surface area contributed by atoms with E-state index in [1.54, 1.807) is 11.4 Å². The van der Waals surface area contributed by atoms with Crippen LogP contribution in [-0.4, -0.2) is 32.8 Å². The number of carbonyl (C=O) groups is 1. The summed E-state index contributed by atoms with van der Waals surface area (Å²) < 4.78 is 31.9. The van der Waals surface area contributed by atoms with Gasteiger partial charge in [-0.3, -0.25) is 4.79 Å². The number of carbonyl (C=O) groups excluding carboxylic acids is 1. The molecule has 5 nitrogen and oxygen atoms in total. The third kappa shape index (κ3) is 3.31. The number of ether oxygens (including phenoxy) is 1. The number of amides is 1. The average Bonchev–Trinajstić information content (AvgIpc) is 2.77. The highest BCUT2D eigenvalue weighted by atomic mass is 79.9. The molecule has 1 fully saturated rings. The van der Waals surface area contributed by atoms with Crippen molar-refractivity contribution in [1.82, 2.24) is 4.72 Å². The molecule has 1 aromatic rings. The number of thiophene rings is 1. The van der Waals surface area contributed by atoms with Crippen molar-refractivity contribution >= 4 is 43.2 Å². The molecule has 0 spiro atoms. The van der Waals surface area contributed by atoms with Crippen LogP contribution in [0.4, 0.5) is 0 Å². The molecule has 8 heteroatoms. The van der Waals surface area contributed by atoms with E-state index >= 15 is 0 Å². The second-order valence-corrected chi connectivity index (χ2v) is 8.21. The van der Waals surface area contributed by atoms with Crippen molar-refractivity contribution in [2.75, 3.05) is 13.2 Å². The van der Waals surface area contributed by atoms with Crippen molar-refractivity contribution in [3.63, 3.8) is 0 Å². The van der Waals surface area contributed by atoms with Crippen molar-refractivity contribution in [2.24, 2.45) is 0 Å². The molecule has 1 aromatic heterocycles. The minimum absolute atomic E-state index is 0.149. The Bertz CT molecular complexity index is 534. The van der Waals surface area contributed by atoms with Crippen molar-refractivity contribution in [1.29, 1.82) is 0 Å². The molecule has 0 radical (unpaired) electrons. The van der Waals surface area contributed by atoms with Gasteiger partial charge in [0.1, 0.15) is 5.25 Å². The molecule has 2 rings (SSSR count). The minimum Gasteiger partial charge on any atom is -0.380 e. The lowest BCUT2D eigenvalue weighted by atomic mass is 10.2. The number of halogens is 1. The number of hydrogen-bond acceptors (Lipinski definition) is 5. The summed E-state index contributed by atoms with van der Waals surface area (Å²) in [6, 6.07) is 1.59. The first kappa shape index (κ1) is 14.0. The summed E-state index contributed by atoms with van der Waals surface area (Å²) >= 11 is 4.56. The summed E-state index contributed by atoms with van der Waals surface area (Å²) in [5, 5.41) is 0.962. The van der Waals surface area contributed by atoms with Crippen LogP contribution in [0.25, 0.3) is 0 Å². The summed E-state index contributed by atoms with van der Waals surface area (Å²) in [4.78, 5) is 11.8. The zero-order valence-corrected chi connectivity index (χ0v) is 12.6. The van der Waals surface area contributed by atoms with Crippen LogP contribution in [-0.2, 0) is 14.8 Å². The summed E-state index contributed by atoms with van der Waals surface area (Å²) in [7, 11) is -3.66. The molecule has 1 saturated heterocycles. The molecule has 1 aliphatic heterocycles. The van der Waals surface area contributed by atoms with Crippen molar-refractivity contribution < 1.29 is 17.9 Å². The topological polar surface area (TPSA) is 72.5 Å². The van der Waals surface area contributed by atoms with Gasteiger partial charge in [-0.15, -0.1) is 11.3 Å². The van der Waals surface area contributed by atoms with Crippen LogP contribution in [0.1, 0.15) is 23.2 Å². The van der Waals surface area contributed by atoms with Gasteiger partial charge in [-0.05, 0) is 34.8 Å². The Labute approximate surface area is 118 Å². The van der Waals surface area contributed by atoms with Gasteiger partial charge < -0.3 is 4.74 Å². The largest absolute Gasteiger partial charge is 0.380 e. The lowest BCUT2D eigenvalue weighted by Gasteiger charge is -2.22. The second kappa shape index (κ2) is 5.68. The first-order valence-electron chi connectivity index (χ1n) is 5.37. The van der Waals surface area contributed by atoms with E-state index in [9.17, 15) is 13.2 Å². The number of nitrogens with one attached hydrogen (secondary N) is 1. The standard InChI is InChI=1S/C10H12BrNO4S2/c11-9-4-7(6-17-9)10(13)12-18(14,15)8-2-1-3-16-5-8/h4,6,8H,1-3,5H2,(H,12,13). The molecule has 18 heavy (non-hydrogen) atoms. The average molecular weight is 354 g/mol. The highest BCUT2D eigenvalue weighted by Gasteiger charge is 2.29. The Morgan fingerprint density at radius 1 is 1.56 bits per heavy atom. The van der Waals surface area contributed by atoms with Gasteiger partial charge >= 0.3 is 0 Å². The Balaban J connectivity index is 2.05. The summed E-state index contributed by atoms with van der Waals surface area (Å²) in [5.74, 6) is -0.595. The first-order valence-corrected chi connectivity index (χ1v) is 8.58. The summed E-state index contributed by atoms with van der Waals surface area (Å²) in [5.41, 5.74) is 0.340.